The second-order valence-electron chi connectivity index (χ2n) is 6.13. The number of aliphatic hydroxyl groups is 1. The Bertz CT molecular complexity index is 491. The summed E-state index contributed by atoms with van der Waals surface area (Å²) in [5.41, 5.74) is 2.79. The number of para-hydroxylation sites is 1. The number of hydrogen-bond acceptors (Lipinski definition) is 3. The van der Waals surface area contributed by atoms with Gasteiger partial charge in [-0.15, -0.1) is 0 Å². The van der Waals surface area contributed by atoms with Crippen molar-refractivity contribution in [3.05, 3.63) is 29.3 Å². The van der Waals surface area contributed by atoms with E-state index in [1.54, 1.807) is 4.90 Å². The predicted molar refractivity (Wildman–Crippen MR) is 79.1 cm³/mol. The molecule has 0 spiro atoms. The fourth-order valence-corrected chi connectivity index (χ4v) is 2.51. The minimum Gasteiger partial charge on any atom is -0.443 e. The monoisotopic (exact) mass is 277 g/mol. The molecule has 1 aliphatic heterocycles. The highest BCUT2D eigenvalue weighted by Crippen LogP contribution is 2.33. The number of anilines is 1. The Morgan fingerprint density at radius 2 is 2.15 bits per heavy atom. The van der Waals surface area contributed by atoms with Crippen molar-refractivity contribution >= 4 is 11.8 Å². The lowest BCUT2D eigenvalue weighted by atomic mass is 10.0. The summed E-state index contributed by atoms with van der Waals surface area (Å²) in [6.07, 6.45) is 2.06. The van der Waals surface area contributed by atoms with Crippen LogP contribution in [0, 0.1) is 0 Å². The zero-order valence-electron chi connectivity index (χ0n) is 12.5. The predicted octanol–water partition coefficient (Wildman–Crippen LogP) is 2.91. The summed E-state index contributed by atoms with van der Waals surface area (Å²) in [5, 5.41) is 9.00. The third-order valence-corrected chi connectivity index (χ3v) is 3.30. The number of carbonyl (C=O) groups excluding carboxylic acids is 1. The summed E-state index contributed by atoms with van der Waals surface area (Å²) in [6, 6.07) is 6.10. The minimum absolute atomic E-state index is 0.163. The molecular formula is C16H23NO3. The first kappa shape index (κ1) is 14.9. The van der Waals surface area contributed by atoms with Gasteiger partial charge in [-0.2, -0.15) is 0 Å². The van der Waals surface area contributed by atoms with Gasteiger partial charge in [0.15, 0.2) is 0 Å². The highest BCUT2D eigenvalue weighted by atomic mass is 16.6. The summed E-state index contributed by atoms with van der Waals surface area (Å²) < 4.78 is 5.48. The lowest BCUT2D eigenvalue weighted by molar-refractivity contribution is 0.0583. The number of amides is 1. The van der Waals surface area contributed by atoms with Crippen LogP contribution in [0.2, 0.25) is 0 Å². The fourth-order valence-electron chi connectivity index (χ4n) is 2.51. The van der Waals surface area contributed by atoms with Crippen molar-refractivity contribution < 1.29 is 14.6 Å². The highest BCUT2D eigenvalue weighted by molar-refractivity contribution is 5.91. The second kappa shape index (κ2) is 5.83. The van der Waals surface area contributed by atoms with Crippen molar-refractivity contribution in [2.24, 2.45) is 0 Å². The van der Waals surface area contributed by atoms with Gasteiger partial charge in [-0.3, -0.25) is 4.90 Å². The van der Waals surface area contributed by atoms with Crippen molar-refractivity contribution in [2.75, 3.05) is 18.1 Å². The van der Waals surface area contributed by atoms with Crippen LogP contribution in [0.4, 0.5) is 10.5 Å². The smallest absolute Gasteiger partial charge is 0.414 e. The number of ether oxygens (including phenoxy) is 1. The van der Waals surface area contributed by atoms with Crippen LogP contribution >= 0.6 is 0 Å². The molecule has 4 heteroatoms. The SMILES string of the molecule is CC(C)(C)OC(=O)N1CCc2cccc(CCCO)c21. The van der Waals surface area contributed by atoms with E-state index in [2.05, 4.69) is 6.07 Å². The maximum absolute atomic E-state index is 12.3. The Morgan fingerprint density at radius 3 is 2.80 bits per heavy atom. The van der Waals surface area contributed by atoms with Gasteiger partial charge in [0, 0.05) is 13.2 Å². The number of hydrogen-bond donors (Lipinski definition) is 1. The Morgan fingerprint density at radius 1 is 1.40 bits per heavy atom. The molecule has 0 fully saturated rings. The van der Waals surface area contributed by atoms with Crippen LogP contribution in [0.15, 0.2) is 18.2 Å². The normalized spacial score (nSPS) is 14.3. The number of rotatable bonds is 3. The largest absolute Gasteiger partial charge is 0.443 e. The van der Waals surface area contributed by atoms with Crippen molar-refractivity contribution in [1.82, 2.24) is 0 Å². The molecule has 1 aromatic carbocycles. The Kier molecular flexibility index (Phi) is 4.33. The molecule has 4 nitrogen and oxygen atoms in total. The average molecular weight is 277 g/mol. The summed E-state index contributed by atoms with van der Waals surface area (Å²) in [6.45, 7) is 6.45. The number of benzene rings is 1. The van der Waals surface area contributed by atoms with Crippen molar-refractivity contribution in [3.63, 3.8) is 0 Å². The topological polar surface area (TPSA) is 49.8 Å². The Balaban J connectivity index is 2.24. The van der Waals surface area contributed by atoms with Crippen LogP contribution < -0.4 is 4.90 Å². The van der Waals surface area contributed by atoms with Gasteiger partial charge in [-0.05, 0) is 51.2 Å². The summed E-state index contributed by atoms with van der Waals surface area (Å²) in [5.74, 6) is 0. The molecule has 0 radical (unpaired) electrons. The number of aliphatic hydroxyl groups excluding tert-OH is 1. The van der Waals surface area contributed by atoms with Crippen LogP contribution in [0.3, 0.4) is 0 Å². The Hall–Kier alpha value is -1.55. The van der Waals surface area contributed by atoms with Gasteiger partial charge in [0.2, 0.25) is 0 Å². The van der Waals surface area contributed by atoms with E-state index in [-0.39, 0.29) is 12.7 Å². The zero-order chi connectivity index (χ0) is 14.8. The average Bonchev–Trinajstić information content (AvgIpc) is 2.78. The molecule has 1 amide bonds. The van der Waals surface area contributed by atoms with Gasteiger partial charge < -0.3 is 9.84 Å². The standard InChI is InChI=1S/C16H23NO3/c1-16(2,3)20-15(19)17-10-9-13-7-4-6-12(14(13)17)8-5-11-18/h4,6-7,18H,5,8-11H2,1-3H3. The maximum atomic E-state index is 12.3. The molecule has 0 aromatic heterocycles. The molecule has 0 saturated carbocycles. The van der Waals surface area contributed by atoms with Gasteiger partial charge in [0.05, 0.1) is 5.69 Å². The maximum Gasteiger partial charge on any atom is 0.414 e. The first-order valence-corrected chi connectivity index (χ1v) is 7.14. The molecule has 110 valence electrons. The molecule has 0 bridgehead atoms. The highest BCUT2D eigenvalue weighted by Gasteiger charge is 2.30. The number of nitrogens with zero attached hydrogens (tertiary/aromatic N) is 1. The van der Waals surface area contributed by atoms with Crippen molar-refractivity contribution in [3.8, 4) is 0 Å². The fraction of sp³-hybridized carbons (Fsp3) is 0.562. The van der Waals surface area contributed by atoms with Crippen molar-refractivity contribution in [1.29, 1.82) is 0 Å². The van der Waals surface area contributed by atoms with Crippen LogP contribution in [0.5, 0.6) is 0 Å². The van der Waals surface area contributed by atoms with E-state index in [1.165, 1.54) is 5.56 Å². The molecule has 1 N–H and O–H groups in total. The zero-order valence-corrected chi connectivity index (χ0v) is 12.5. The lowest BCUT2D eigenvalue weighted by Gasteiger charge is -2.26. The summed E-state index contributed by atoms with van der Waals surface area (Å²) >= 11 is 0. The van der Waals surface area contributed by atoms with E-state index in [0.29, 0.717) is 13.0 Å². The van der Waals surface area contributed by atoms with E-state index in [0.717, 1.165) is 24.1 Å². The third-order valence-electron chi connectivity index (χ3n) is 3.30. The minimum atomic E-state index is -0.486. The summed E-state index contributed by atoms with van der Waals surface area (Å²) in [7, 11) is 0. The molecule has 0 saturated heterocycles. The van der Waals surface area contributed by atoms with Gasteiger partial charge in [-0.1, -0.05) is 18.2 Å². The first-order valence-electron chi connectivity index (χ1n) is 7.14. The summed E-state index contributed by atoms with van der Waals surface area (Å²) in [4.78, 5) is 14.0. The Labute approximate surface area is 120 Å². The number of fused-ring (bicyclic) bond motifs is 1. The molecule has 1 aromatic rings. The van der Waals surface area contributed by atoms with Gasteiger partial charge in [-0.25, -0.2) is 4.79 Å². The van der Waals surface area contributed by atoms with Crippen LogP contribution in [0.25, 0.3) is 0 Å². The first-order chi connectivity index (χ1) is 9.42. The number of aryl methyl sites for hydroxylation is 1. The van der Waals surface area contributed by atoms with Gasteiger partial charge in [0.25, 0.3) is 0 Å². The van der Waals surface area contributed by atoms with Crippen LogP contribution in [-0.4, -0.2) is 30.0 Å². The van der Waals surface area contributed by atoms with Gasteiger partial charge in [0.1, 0.15) is 5.60 Å². The third kappa shape index (κ3) is 3.31. The molecule has 0 aliphatic carbocycles. The van der Waals surface area contributed by atoms with E-state index < -0.39 is 5.60 Å². The molecule has 20 heavy (non-hydrogen) atoms. The van der Waals surface area contributed by atoms with E-state index in [4.69, 9.17) is 9.84 Å². The van der Waals surface area contributed by atoms with E-state index in [1.807, 2.05) is 32.9 Å². The molecule has 0 atom stereocenters. The molecule has 0 unspecified atom stereocenters. The number of carbonyl (C=O) groups is 1. The van der Waals surface area contributed by atoms with Crippen LogP contribution in [-0.2, 0) is 17.6 Å². The molecule has 2 rings (SSSR count). The van der Waals surface area contributed by atoms with Crippen LogP contribution in [0.1, 0.15) is 38.3 Å². The van der Waals surface area contributed by atoms with E-state index in [9.17, 15) is 4.79 Å². The quantitative estimate of drug-likeness (QED) is 0.924. The molecular weight excluding hydrogens is 254 g/mol. The second-order valence-corrected chi connectivity index (χ2v) is 6.13. The lowest BCUT2D eigenvalue weighted by Crippen LogP contribution is -2.36. The molecule has 1 aliphatic rings. The van der Waals surface area contributed by atoms with Crippen molar-refractivity contribution in [2.45, 2.75) is 45.6 Å². The van der Waals surface area contributed by atoms with Gasteiger partial charge >= 0.3 is 6.09 Å². The molecule has 1 heterocycles. The van der Waals surface area contributed by atoms with E-state index >= 15 is 0 Å².